The summed E-state index contributed by atoms with van der Waals surface area (Å²) in [5, 5.41) is 6.55. The van der Waals surface area contributed by atoms with Gasteiger partial charge in [0.25, 0.3) is 0 Å². The van der Waals surface area contributed by atoms with Crippen molar-refractivity contribution < 1.29 is 0 Å². The molecule has 1 heterocycles. The second kappa shape index (κ2) is 4.47. The predicted octanol–water partition coefficient (Wildman–Crippen LogP) is 2.96. The van der Waals surface area contributed by atoms with Gasteiger partial charge in [-0.15, -0.1) is 0 Å². The third-order valence-corrected chi connectivity index (χ3v) is 2.90. The summed E-state index contributed by atoms with van der Waals surface area (Å²) in [6.45, 7) is 5.51. The zero-order valence-corrected chi connectivity index (χ0v) is 9.43. The van der Waals surface area contributed by atoms with Crippen LogP contribution in [0.15, 0.2) is 41.2 Å². The quantitative estimate of drug-likeness (QED) is 0.672. The Bertz CT molecular complexity index is 334. The fourth-order valence-electron chi connectivity index (χ4n) is 1.76. The van der Waals surface area contributed by atoms with Crippen molar-refractivity contribution in [2.24, 2.45) is 16.9 Å². The highest BCUT2D eigenvalue weighted by Crippen LogP contribution is 2.21. The molecule has 0 amide bonds. The van der Waals surface area contributed by atoms with E-state index in [0.29, 0.717) is 11.8 Å². The van der Waals surface area contributed by atoms with Crippen LogP contribution in [0.1, 0.15) is 20.3 Å². The molecule has 1 aliphatic carbocycles. The molecule has 0 aromatic heterocycles. The minimum absolute atomic E-state index is 0.589. The van der Waals surface area contributed by atoms with Gasteiger partial charge in [0.15, 0.2) is 0 Å². The summed E-state index contributed by atoms with van der Waals surface area (Å²) in [6.07, 6.45) is 13.8. The van der Waals surface area contributed by atoms with E-state index in [1.165, 1.54) is 5.70 Å². The van der Waals surface area contributed by atoms with Gasteiger partial charge in [0.05, 0.1) is 5.70 Å². The van der Waals surface area contributed by atoms with Gasteiger partial charge in [-0.05, 0) is 24.5 Å². The molecule has 2 heteroatoms. The Balaban J connectivity index is 2.05. The van der Waals surface area contributed by atoms with Gasteiger partial charge in [-0.1, -0.05) is 32.1 Å². The maximum atomic E-state index is 4.46. The summed E-state index contributed by atoms with van der Waals surface area (Å²) in [5.74, 6) is 1.26. The normalized spacial score (nSPS) is 24.9. The number of allylic oxidation sites excluding steroid dienone is 5. The fraction of sp³-hybridized carbons (Fsp3) is 0.462. The Morgan fingerprint density at radius 1 is 1.40 bits per heavy atom. The predicted molar refractivity (Wildman–Crippen MR) is 64.5 cm³/mol. The largest absolute Gasteiger partial charge is 0.265 e. The average Bonchev–Trinajstić information content (AvgIpc) is 2.55. The minimum atomic E-state index is 0.589. The molecule has 1 atom stereocenters. The number of hydrogen-bond donors (Lipinski definition) is 0. The summed E-state index contributed by atoms with van der Waals surface area (Å²) >= 11 is 0. The number of rotatable bonds is 2. The molecule has 0 saturated heterocycles. The average molecular weight is 202 g/mol. The molecule has 15 heavy (non-hydrogen) atoms. The van der Waals surface area contributed by atoms with Crippen molar-refractivity contribution in [1.29, 1.82) is 0 Å². The lowest BCUT2D eigenvalue weighted by atomic mass is 9.98. The summed E-state index contributed by atoms with van der Waals surface area (Å²) in [6, 6.07) is 0. The summed E-state index contributed by atoms with van der Waals surface area (Å²) in [5.41, 5.74) is 1.20. The van der Waals surface area contributed by atoms with Crippen LogP contribution >= 0.6 is 0 Å². The SMILES string of the molecule is CC(C)C1C=NN(C2=CC=CCC=C2)C1. The molecule has 0 aromatic rings. The molecule has 0 spiro atoms. The highest BCUT2D eigenvalue weighted by atomic mass is 15.5. The van der Waals surface area contributed by atoms with E-state index in [-0.39, 0.29) is 0 Å². The van der Waals surface area contributed by atoms with Gasteiger partial charge in [-0.2, -0.15) is 5.10 Å². The van der Waals surface area contributed by atoms with Crippen molar-refractivity contribution in [3.63, 3.8) is 0 Å². The number of hydrogen-bond acceptors (Lipinski definition) is 2. The molecule has 0 radical (unpaired) electrons. The molecule has 0 N–H and O–H groups in total. The lowest BCUT2D eigenvalue weighted by Gasteiger charge is -2.18. The van der Waals surface area contributed by atoms with Crippen LogP contribution in [0.5, 0.6) is 0 Å². The summed E-state index contributed by atoms with van der Waals surface area (Å²) < 4.78 is 0. The minimum Gasteiger partial charge on any atom is -0.265 e. The lowest BCUT2D eigenvalue weighted by Crippen LogP contribution is -2.20. The van der Waals surface area contributed by atoms with Gasteiger partial charge in [0.1, 0.15) is 0 Å². The smallest absolute Gasteiger partial charge is 0.0590 e. The van der Waals surface area contributed by atoms with E-state index in [1.54, 1.807) is 0 Å². The Morgan fingerprint density at radius 2 is 2.27 bits per heavy atom. The van der Waals surface area contributed by atoms with Crippen LogP contribution in [0.3, 0.4) is 0 Å². The van der Waals surface area contributed by atoms with Crippen LogP contribution in [0.4, 0.5) is 0 Å². The van der Waals surface area contributed by atoms with E-state index in [1.807, 2.05) is 0 Å². The molecule has 0 aromatic carbocycles. The van der Waals surface area contributed by atoms with Gasteiger partial charge >= 0.3 is 0 Å². The van der Waals surface area contributed by atoms with Crippen molar-refractivity contribution in [3.05, 3.63) is 36.1 Å². The maximum Gasteiger partial charge on any atom is 0.0590 e. The molecule has 2 rings (SSSR count). The zero-order valence-electron chi connectivity index (χ0n) is 9.43. The Hall–Kier alpha value is -1.31. The van der Waals surface area contributed by atoms with Crippen LogP contribution < -0.4 is 0 Å². The van der Waals surface area contributed by atoms with E-state index in [2.05, 4.69) is 60.6 Å². The molecule has 80 valence electrons. The highest BCUT2D eigenvalue weighted by molar-refractivity contribution is 5.63. The van der Waals surface area contributed by atoms with E-state index in [9.17, 15) is 0 Å². The van der Waals surface area contributed by atoms with Gasteiger partial charge in [-0.25, -0.2) is 0 Å². The second-order valence-electron chi connectivity index (χ2n) is 4.41. The van der Waals surface area contributed by atoms with Crippen molar-refractivity contribution in [2.45, 2.75) is 20.3 Å². The molecule has 1 aliphatic heterocycles. The molecule has 2 aliphatic rings. The van der Waals surface area contributed by atoms with Crippen molar-refractivity contribution in [2.75, 3.05) is 6.54 Å². The van der Waals surface area contributed by atoms with E-state index in [0.717, 1.165) is 13.0 Å². The third kappa shape index (κ3) is 2.38. The molecular formula is C13H18N2. The monoisotopic (exact) mass is 202 g/mol. The number of nitrogens with zero attached hydrogens (tertiary/aromatic N) is 2. The van der Waals surface area contributed by atoms with E-state index in [4.69, 9.17) is 0 Å². The molecule has 2 nitrogen and oxygen atoms in total. The maximum absolute atomic E-state index is 4.46. The zero-order chi connectivity index (χ0) is 10.7. The molecule has 0 fully saturated rings. The molecular weight excluding hydrogens is 184 g/mol. The van der Waals surface area contributed by atoms with Gasteiger partial charge < -0.3 is 0 Å². The first-order valence-electron chi connectivity index (χ1n) is 5.62. The first kappa shape index (κ1) is 10.2. The Labute approximate surface area is 91.7 Å². The summed E-state index contributed by atoms with van der Waals surface area (Å²) in [7, 11) is 0. The summed E-state index contributed by atoms with van der Waals surface area (Å²) in [4.78, 5) is 0. The fourth-order valence-corrected chi connectivity index (χ4v) is 1.76. The van der Waals surface area contributed by atoms with Crippen LogP contribution in [0.2, 0.25) is 0 Å². The second-order valence-corrected chi connectivity index (χ2v) is 4.41. The Morgan fingerprint density at radius 3 is 3.00 bits per heavy atom. The topological polar surface area (TPSA) is 15.6 Å². The first-order chi connectivity index (χ1) is 7.27. The van der Waals surface area contributed by atoms with E-state index >= 15 is 0 Å². The molecule has 0 bridgehead atoms. The molecule has 1 unspecified atom stereocenters. The Kier molecular flexibility index (Phi) is 3.05. The third-order valence-electron chi connectivity index (χ3n) is 2.90. The number of hydrazone groups is 1. The standard InChI is InChI=1S/C13H18N2/c1-11(2)12-9-14-15(10-12)13-7-5-3-4-6-8-13/h3,5-9,11-12H,4,10H2,1-2H3. The van der Waals surface area contributed by atoms with E-state index < -0.39 is 0 Å². The van der Waals surface area contributed by atoms with Crippen molar-refractivity contribution in [1.82, 2.24) is 5.01 Å². The first-order valence-corrected chi connectivity index (χ1v) is 5.62. The van der Waals surface area contributed by atoms with Crippen molar-refractivity contribution >= 4 is 6.21 Å². The highest BCUT2D eigenvalue weighted by Gasteiger charge is 2.21. The van der Waals surface area contributed by atoms with Crippen molar-refractivity contribution in [3.8, 4) is 0 Å². The van der Waals surface area contributed by atoms with Crippen LogP contribution in [0, 0.1) is 11.8 Å². The molecule has 0 saturated carbocycles. The van der Waals surface area contributed by atoms with Crippen LogP contribution in [-0.2, 0) is 0 Å². The van der Waals surface area contributed by atoms with Crippen LogP contribution in [0.25, 0.3) is 0 Å². The van der Waals surface area contributed by atoms with Gasteiger partial charge in [0.2, 0.25) is 0 Å². The van der Waals surface area contributed by atoms with Gasteiger partial charge in [-0.3, -0.25) is 5.01 Å². The van der Waals surface area contributed by atoms with Crippen LogP contribution in [-0.4, -0.2) is 17.8 Å². The lowest BCUT2D eigenvalue weighted by molar-refractivity contribution is 0.346. The van der Waals surface area contributed by atoms with Gasteiger partial charge in [0, 0.05) is 18.7 Å².